The lowest BCUT2D eigenvalue weighted by atomic mass is 9.68. The number of aliphatic hydroxyl groups is 1. The fraction of sp³-hybridized carbons (Fsp3) is 0.897. The Balaban J connectivity index is 2.08. The van der Waals surface area contributed by atoms with E-state index in [0.29, 0.717) is 12.0 Å². The lowest BCUT2D eigenvalue weighted by Crippen LogP contribution is -2.24. The fourth-order valence-corrected chi connectivity index (χ4v) is 5.48. The number of ether oxygens (including phenoxy) is 1. The van der Waals surface area contributed by atoms with Crippen LogP contribution in [0.15, 0.2) is 12.7 Å². The zero-order valence-electron chi connectivity index (χ0n) is 21.4. The number of carbonyl (C=O) groups is 1. The van der Waals surface area contributed by atoms with Gasteiger partial charge in [0.1, 0.15) is 0 Å². The van der Waals surface area contributed by atoms with Gasteiger partial charge in [0.15, 0.2) is 0 Å². The van der Waals surface area contributed by atoms with E-state index >= 15 is 0 Å². The van der Waals surface area contributed by atoms with E-state index in [-0.39, 0.29) is 12.1 Å². The molecule has 1 aliphatic carbocycles. The molecule has 1 aliphatic rings. The highest BCUT2D eigenvalue weighted by atomic mass is 16.5. The van der Waals surface area contributed by atoms with E-state index < -0.39 is 0 Å². The van der Waals surface area contributed by atoms with Crippen LogP contribution in [-0.2, 0) is 9.53 Å². The number of unbranched alkanes of at least 4 members (excludes halogenated alkanes) is 10. The first-order valence-electron chi connectivity index (χ1n) is 14.1. The molecule has 1 unspecified atom stereocenters. The van der Waals surface area contributed by atoms with Gasteiger partial charge in [-0.15, -0.1) is 0 Å². The minimum Gasteiger partial charge on any atom is -0.463 e. The molecule has 0 radical (unpaired) electrons. The van der Waals surface area contributed by atoms with Crippen LogP contribution in [0.2, 0.25) is 0 Å². The smallest absolute Gasteiger partial charge is 0.330 e. The highest BCUT2D eigenvalue weighted by Crippen LogP contribution is 2.44. The Hall–Kier alpha value is -0.830. The summed E-state index contributed by atoms with van der Waals surface area (Å²) >= 11 is 0. The maximum atomic E-state index is 11.0. The highest BCUT2D eigenvalue weighted by molar-refractivity contribution is 5.81. The van der Waals surface area contributed by atoms with E-state index in [0.717, 1.165) is 25.7 Å². The van der Waals surface area contributed by atoms with E-state index in [1.807, 2.05) is 0 Å². The van der Waals surface area contributed by atoms with E-state index in [1.54, 1.807) is 0 Å². The van der Waals surface area contributed by atoms with E-state index in [2.05, 4.69) is 13.5 Å². The molecule has 0 bridgehead atoms. The molecule has 0 spiro atoms. The predicted molar refractivity (Wildman–Crippen MR) is 137 cm³/mol. The molecule has 0 heterocycles. The SMILES string of the molecule is C=CC(=O)OCCCCCCCCCCC1(CCCC(O)CCCCCC)CCCCC1. The Morgan fingerprint density at radius 2 is 1.41 bits per heavy atom. The van der Waals surface area contributed by atoms with E-state index in [9.17, 15) is 9.90 Å². The molecular weight excluding hydrogens is 396 g/mol. The van der Waals surface area contributed by atoms with Crippen molar-refractivity contribution in [2.24, 2.45) is 5.41 Å². The van der Waals surface area contributed by atoms with Crippen molar-refractivity contribution in [3.63, 3.8) is 0 Å². The van der Waals surface area contributed by atoms with Gasteiger partial charge in [-0.05, 0) is 50.4 Å². The molecule has 0 aromatic heterocycles. The second-order valence-corrected chi connectivity index (χ2v) is 10.4. The molecule has 3 nitrogen and oxygen atoms in total. The van der Waals surface area contributed by atoms with Gasteiger partial charge in [0.2, 0.25) is 0 Å². The summed E-state index contributed by atoms with van der Waals surface area (Å²) in [5, 5.41) is 10.3. The van der Waals surface area contributed by atoms with Crippen LogP contribution in [0.3, 0.4) is 0 Å². The van der Waals surface area contributed by atoms with Crippen LogP contribution in [0.5, 0.6) is 0 Å². The quantitative estimate of drug-likeness (QED) is 0.108. The Kier molecular flexibility index (Phi) is 17.9. The first kappa shape index (κ1) is 29.2. The third-order valence-corrected chi connectivity index (χ3v) is 7.56. The second kappa shape index (κ2) is 19.6. The van der Waals surface area contributed by atoms with Crippen molar-refractivity contribution in [2.75, 3.05) is 6.61 Å². The van der Waals surface area contributed by atoms with Crippen molar-refractivity contribution in [1.29, 1.82) is 0 Å². The summed E-state index contributed by atoms with van der Waals surface area (Å²) in [6.07, 6.45) is 29.5. The molecule has 0 amide bonds. The normalized spacial score (nSPS) is 16.6. The number of hydrogen-bond donors (Lipinski definition) is 1. The number of hydrogen-bond acceptors (Lipinski definition) is 3. The molecule has 1 fully saturated rings. The molecule has 0 aromatic rings. The van der Waals surface area contributed by atoms with Crippen LogP contribution in [0.1, 0.15) is 148 Å². The van der Waals surface area contributed by atoms with Crippen LogP contribution in [0.25, 0.3) is 0 Å². The number of rotatable bonds is 21. The van der Waals surface area contributed by atoms with Crippen molar-refractivity contribution in [2.45, 2.75) is 154 Å². The molecule has 3 heteroatoms. The van der Waals surface area contributed by atoms with Gasteiger partial charge >= 0.3 is 5.97 Å². The molecule has 188 valence electrons. The molecule has 1 atom stereocenters. The summed E-state index contributed by atoms with van der Waals surface area (Å²) in [7, 11) is 0. The van der Waals surface area contributed by atoms with Crippen LogP contribution in [0, 0.1) is 5.41 Å². The maximum absolute atomic E-state index is 11.0. The predicted octanol–water partition coefficient (Wildman–Crippen LogP) is 8.68. The monoisotopic (exact) mass is 450 g/mol. The summed E-state index contributed by atoms with van der Waals surface area (Å²) in [5.74, 6) is -0.306. The highest BCUT2D eigenvalue weighted by Gasteiger charge is 2.30. The van der Waals surface area contributed by atoms with Gasteiger partial charge in [-0.2, -0.15) is 0 Å². The number of aliphatic hydroxyl groups excluding tert-OH is 1. The summed E-state index contributed by atoms with van der Waals surface area (Å²) in [6, 6.07) is 0. The van der Waals surface area contributed by atoms with Gasteiger partial charge in [-0.25, -0.2) is 4.79 Å². The van der Waals surface area contributed by atoms with Crippen LogP contribution < -0.4 is 0 Å². The third kappa shape index (κ3) is 15.1. The molecule has 1 N–H and O–H groups in total. The number of esters is 1. The lowest BCUT2D eigenvalue weighted by molar-refractivity contribution is -0.137. The lowest BCUT2D eigenvalue weighted by Gasteiger charge is -2.38. The minimum atomic E-state index is -0.306. The third-order valence-electron chi connectivity index (χ3n) is 7.56. The second-order valence-electron chi connectivity index (χ2n) is 10.4. The van der Waals surface area contributed by atoms with Crippen molar-refractivity contribution in [3.05, 3.63) is 12.7 Å². The zero-order chi connectivity index (χ0) is 23.3. The number of carbonyl (C=O) groups excluding carboxylic acids is 1. The maximum Gasteiger partial charge on any atom is 0.330 e. The average Bonchev–Trinajstić information content (AvgIpc) is 2.80. The Bertz CT molecular complexity index is 453. The Labute approximate surface area is 199 Å². The largest absolute Gasteiger partial charge is 0.463 e. The van der Waals surface area contributed by atoms with Gasteiger partial charge in [-0.1, -0.05) is 110 Å². The molecule has 32 heavy (non-hydrogen) atoms. The topological polar surface area (TPSA) is 46.5 Å². The first-order chi connectivity index (χ1) is 15.6. The summed E-state index contributed by atoms with van der Waals surface area (Å²) < 4.78 is 5.01. The summed E-state index contributed by atoms with van der Waals surface area (Å²) in [5.41, 5.74) is 0.586. The summed E-state index contributed by atoms with van der Waals surface area (Å²) in [6.45, 7) is 6.19. The molecule has 0 aromatic carbocycles. The Morgan fingerprint density at radius 1 is 0.844 bits per heavy atom. The van der Waals surface area contributed by atoms with E-state index in [1.165, 1.54) is 122 Å². The minimum absolute atomic E-state index is 0.0680. The van der Waals surface area contributed by atoms with Gasteiger partial charge < -0.3 is 9.84 Å². The van der Waals surface area contributed by atoms with Gasteiger partial charge in [0.25, 0.3) is 0 Å². The van der Waals surface area contributed by atoms with Crippen molar-refractivity contribution < 1.29 is 14.6 Å². The van der Waals surface area contributed by atoms with Crippen molar-refractivity contribution >= 4 is 5.97 Å². The molecule has 0 saturated heterocycles. The van der Waals surface area contributed by atoms with Crippen molar-refractivity contribution in [3.8, 4) is 0 Å². The van der Waals surface area contributed by atoms with Gasteiger partial charge in [-0.3, -0.25) is 0 Å². The van der Waals surface area contributed by atoms with Crippen LogP contribution in [0.4, 0.5) is 0 Å². The molecule has 0 aliphatic heterocycles. The fourth-order valence-electron chi connectivity index (χ4n) is 5.48. The Morgan fingerprint density at radius 3 is 2.06 bits per heavy atom. The molecule has 1 rings (SSSR count). The summed E-state index contributed by atoms with van der Waals surface area (Å²) in [4.78, 5) is 11.0. The molecular formula is C29H54O3. The van der Waals surface area contributed by atoms with Crippen LogP contribution in [-0.4, -0.2) is 23.8 Å². The standard InChI is InChI=1S/C29H54O3/c1-3-5-6-14-20-27(30)21-19-25-29(23-16-13-17-24-29)22-15-11-9-7-8-10-12-18-26-32-28(31)4-2/h4,27,30H,2-3,5-26H2,1H3. The average molecular weight is 451 g/mol. The first-order valence-corrected chi connectivity index (χ1v) is 14.1. The zero-order valence-corrected chi connectivity index (χ0v) is 21.4. The van der Waals surface area contributed by atoms with Gasteiger partial charge in [0.05, 0.1) is 12.7 Å². The van der Waals surface area contributed by atoms with Crippen molar-refractivity contribution in [1.82, 2.24) is 0 Å². The molecule has 1 saturated carbocycles. The van der Waals surface area contributed by atoms with E-state index in [4.69, 9.17) is 4.74 Å². The van der Waals surface area contributed by atoms with Crippen LogP contribution >= 0.6 is 0 Å². The van der Waals surface area contributed by atoms with Gasteiger partial charge in [0, 0.05) is 6.08 Å².